The maximum atomic E-state index is 15.1. The molecule has 3 rings (SSSR count). The van der Waals surface area contributed by atoms with Gasteiger partial charge in [-0.15, -0.1) is 0 Å². The molecule has 0 fully saturated rings. The van der Waals surface area contributed by atoms with Gasteiger partial charge >= 0.3 is 0 Å². The number of hydrogen-bond donors (Lipinski definition) is 1. The van der Waals surface area contributed by atoms with Crippen LogP contribution >= 0.6 is 0 Å². The molecule has 2 N–H and O–H groups in total. The van der Waals surface area contributed by atoms with E-state index in [0.29, 0.717) is 28.9 Å². The number of pyridine rings is 1. The molecule has 0 aliphatic carbocycles. The molecule has 1 aliphatic heterocycles. The SMILES string of the molecule is C/C(=C\c1c(N(C)/C=C\C(N)=C(\C)C=O)ccnc1C)CN1CC=C(c2c(C)cc(C(=O)N(C)C)cc2F)CC1. The number of nitrogens with two attached hydrogens (primary N) is 1. The van der Waals surface area contributed by atoms with Crippen LogP contribution in [0.3, 0.4) is 0 Å². The molecule has 1 amide bonds. The van der Waals surface area contributed by atoms with Crippen LogP contribution in [0.15, 0.2) is 59.6 Å². The highest BCUT2D eigenvalue weighted by atomic mass is 19.1. The first kappa shape index (κ1) is 30.5. The molecule has 1 aliphatic rings. The molecule has 1 aromatic carbocycles. The minimum Gasteiger partial charge on any atom is -0.398 e. The monoisotopic (exact) mass is 545 g/mol. The van der Waals surface area contributed by atoms with Gasteiger partial charge in [-0.25, -0.2) is 4.39 Å². The van der Waals surface area contributed by atoms with Crippen molar-refractivity contribution in [2.75, 3.05) is 45.7 Å². The number of allylic oxidation sites excluding steroid dienone is 2. The van der Waals surface area contributed by atoms with Gasteiger partial charge in [0.15, 0.2) is 0 Å². The summed E-state index contributed by atoms with van der Waals surface area (Å²) in [4.78, 5) is 33.5. The summed E-state index contributed by atoms with van der Waals surface area (Å²) in [6, 6.07) is 5.07. The Balaban J connectivity index is 1.76. The van der Waals surface area contributed by atoms with E-state index in [4.69, 9.17) is 5.73 Å². The van der Waals surface area contributed by atoms with Crippen molar-refractivity contribution in [2.45, 2.75) is 34.1 Å². The molecular formula is C32H40FN5O2. The predicted octanol–water partition coefficient (Wildman–Crippen LogP) is 5.11. The van der Waals surface area contributed by atoms with E-state index < -0.39 is 0 Å². The molecule has 1 aromatic heterocycles. The van der Waals surface area contributed by atoms with Gasteiger partial charge in [0.1, 0.15) is 12.1 Å². The average molecular weight is 546 g/mol. The first-order valence-electron chi connectivity index (χ1n) is 13.3. The Bertz CT molecular complexity index is 1380. The van der Waals surface area contributed by atoms with Crippen molar-refractivity contribution in [3.8, 4) is 0 Å². The number of hydrogen-bond acceptors (Lipinski definition) is 6. The molecule has 40 heavy (non-hydrogen) atoms. The number of aldehydes is 1. The fourth-order valence-electron chi connectivity index (χ4n) is 4.78. The van der Waals surface area contributed by atoms with E-state index in [0.717, 1.165) is 53.9 Å². The third kappa shape index (κ3) is 7.33. The number of rotatable bonds is 9. The van der Waals surface area contributed by atoms with E-state index >= 15 is 4.39 Å². The van der Waals surface area contributed by atoms with Crippen LogP contribution in [0.2, 0.25) is 0 Å². The van der Waals surface area contributed by atoms with Crippen molar-refractivity contribution >= 4 is 29.5 Å². The molecule has 2 aromatic rings. The van der Waals surface area contributed by atoms with E-state index in [2.05, 4.69) is 29.0 Å². The highest BCUT2D eigenvalue weighted by molar-refractivity contribution is 5.94. The van der Waals surface area contributed by atoms with Crippen LogP contribution < -0.4 is 10.6 Å². The molecule has 0 spiro atoms. The summed E-state index contributed by atoms with van der Waals surface area (Å²) in [6.45, 7) is 9.90. The lowest BCUT2D eigenvalue weighted by molar-refractivity contribution is -0.104. The second-order valence-electron chi connectivity index (χ2n) is 10.6. The Hall–Kier alpha value is -4.04. The minimum absolute atomic E-state index is 0.206. The summed E-state index contributed by atoms with van der Waals surface area (Å²) in [5, 5.41) is 0. The van der Waals surface area contributed by atoms with Gasteiger partial charge < -0.3 is 15.5 Å². The van der Waals surface area contributed by atoms with Crippen LogP contribution in [0.25, 0.3) is 11.6 Å². The van der Waals surface area contributed by atoms with Crippen molar-refractivity contribution in [1.29, 1.82) is 0 Å². The highest BCUT2D eigenvalue weighted by Gasteiger charge is 2.20. The van der Waals surface area contributed by atoms with Crippen LogP contribution in [0.5, 0.6) is 0 Å². The molecule has 0 radical (unpaired) electrons. The third-order valence-electron chi connectivity index (χ3n) is 7.07. The molecule has 0 unspecified atom stereocenters. The number of halogens is 1. The number of carbonyl (C=O) groups is 2. The molecule has 0 atom stereocenters. The number of benzene rings is 1. The Labute approximate surface area is 237 Å². The first-order valence-corrected chi connectivity index (χ1v) is 13.3. The van der Waals surface area contributed by atoms with Crippen molar-refractivity contribution in [1.82, 2.24) is 14.8 Å². The molecule has 0 bridgehead atoms. The Morgan fingerprint density at radius 2 is 1.93 bits per heavy atom. The zero-order valence-corrected chi connectivity index (χ0v) is 24.6. The standard InChI is InChI=1S/C32H40FN5O2/c1-21(16-27-24(4)35-12-8-30(27)37(7)13-11-29(34)23(3)20-39)19-38-14-9-25(10-15-38)31-22(2)17-26(18-28(31)33)32(40)36(5)6/h8-9,11-13,16-18,20H,10,14-15,19,34H2,1-7H3/b13-11-,21-16+,29-23+. The smallest absolute Gasteiger partial charge is 0.253 e. The molecule has 2 heterocycles. The molecule has 7 nitrogen and oxygen atoms in total. The fourth-order valence-corrected chi connectivity index (χ4v) is 4.78. The number of aromatic nitrogens is 1. The van der Waals surface area contributed by atoms with E-state index in [1.807, 2.05) is 38.1 Å². The van der Waals surface area contributed by atoms with Crippen LogP contribution in [0, 0.1) is 19.7 Å². The van der Waals surface area contributed by atoms with Crippen LogP contribution in [-0.2, 0) is 4.79 Å². The van der Waals surface area contributed by atoms with Crippen molar-refractivity contribution in [3.63, 3.8) is 0 Å². The third-order valence-corrected chi connectivity index (χ3v) is 7.07. The Morgan fingerprint density at radius 3 is 2.52 bits per heavy atom. The molecular weight excluding hydrogens is 505 g/mol. The summed E-state index contributed by atoms with van der Waals surface area (Å²) in [7, 11) is 5.26. The second-order valence-corrected chi connectivity index (χ2v) is 10.6. The Kier molecular flexibility index (Phi) is 10.2. The summed E-state index contributed by atoms with van der Waals surface area (Å²) >= 11 is 0. The minimum atomic E-state index is -0.350. The van der Waals surface area contributed by atoms with Crippen LogP contribution in [0.1, 0.15) is 53.0 Å². The summed E-state index contributed by atoms with van der Waals surface area (Å²) in [6.07, 6.45) is 11.1. The van der Waals surface area contributed by atoms with Crippen molar-refractivity contribution < 1.29 is 14.0 Å². The predicted molar refractivity (Wildman–Crippen MR) is 161 cm³/mol. The van der Waals surface area contributed by atoms with Gasteiger partial charge in [0, 0.05) is 86.8 Å². The van der Waals surface area contributed by atoms with Gasteiger partial charge in [0.2, 0.25) is 0 Å². The van der Waals surface area contributed by atoms with Gasteiger partial charge in [-0.1, -0.05) is 17.7 Å². The van der Waals surface area contributed by atoms with Crippen LogP contribution in [-0.4, -0.2) is 67.8 Å². The summed E-state index contributed by atoms with van der Waals surface area (Å²) < 4.78 is 15.1. The fraction of sp³-hybridized carbons (Fsp3) is 0.344. The van der Waals surface area contributed by atoms with E-state index in [9.17, 15) is 9.59 Å². The number of aryl methyl sites for hydroxylation is 2. The largest absolute Gasteiger partial charge is 0.398 e. The number of anilines is 1. The van der Waals surface area contributed by atoms with E-state index in [-0.39, 0.29) is 11.7 Å². The van der Waals surface area contributed by atoms with Crippen molar-refractivity contribution in [3.05, 3.63) is 93.4 Å². The first-order chi connectivity index (χ1) is 18.9. The lowest BCUT2D eigenvalue weighted by Crippen LogP contribution is -2.30. The maximum absolute atomic E-state index is 15.1. The van der Waals surface area contributed by atoms with E-state index in [1.54, 1.807) is 39.4 Å². The topological polar surface area (TPSA) is 82.8 Å². The number of nitrogens with zero attached hydrogens (tertiary/aromatic N) is 4. The lowest BCUT2D eigenvalue weighted by Gasteiger charge is -2.28. The molecule has 212 valence electrons. The Morgan fingerprint density at radius 1 is 1.20 bits per heavy atom. The second kappa shape index (κ2) is 13.3. The quantitative estimate of drug-likeness (QED) is 0.268. The number of amides is 1. The zero-order chi connectivity index (χ0) is 29.6. The number of carbonyl (C=O) groups excluding carboxylic acids is 2. The van der Waals surface area contributed by atoms with Gasteiger partial charge in [-0.05, 0) is 69.5 Å². The normalized spacial score (nSPS) is 15.1. The van der Waals surface area contributed by atoms with Gasteiger partial charge in [0.25, 0.3) is 5.91 Å². The van der Waals surface area contributed by atoms with Gasteiger partial charge in [-0.2, -0.15) is 0 Å². The summed E-state index contributed by atoms with van der Waals surface area (Å²) in [5.74, 6) is -0.555. The summed E-state index contributed by atoms with van der Waals surface area (Å²) in [5.41, 5.74) is 13.7. The lowest BCUT2D eigenvalue weighted by atomic mass is 9.93. The van der Waals surface area contributed by atoms with Gasteiger partial charge in [-0.3, -0.25) is 19.5 Å². The molecule has 8 heteroatoms. The van der Waals surface area contributed by atoms with Crippen molar-refractivity contribution in [2.24, 2.45) is 5.73 Å². The zero-order valence-electron chi connectivity index (χ0n) is 24.6. The van der Waals surface area contributed by atoms with Gasteiger partial charge in [0.05, 0.1) is 5.69 Å². The molecule has 0 saturated heterocycles. The van der Waals surface area contributed by atoms with E-state index in [1.165, 1.54) is 16.5 Å². The molecule has 0 saturated carbocycles. The highest BCUT2D eigenvalue weighted by Crippen LogP contribution is 2.30. The maximum Gasteiger partial charge on any atom is 0.253 e. The average Bonchev–Trinajstić information content (AvgIpc) is 2.92. The van der Waals surface area contributed by atoms with Crippen LogP contribution in [0.4, 0.5) is 10.1 Å².